The van der Waals surface area contributed by atoms with Crippen molar-refractivity contribution < 1.29 is 28.3 Å². The summed E-state index contributed by atoms with van der Waals surface area (Å²) >= 11 is 1.37. The Bertz CT molecular complexity index is 916. The zero-order chi connectivity index (χ0) is 27.3. The highest BCUT2D eigenvalue weighted by molar-refractivity contribution is 7.13. The topological polar surface area (TPSA) is 119 Å². The summed E-state index contributed by atoms with van der Waals surface area (Å²) in [6, 6.07) is -0.892. The molecular formula is C24H42N4O6SSi. The van der Waals surface area contributed by atoms with Crippen LogP contribution in [0, 0.1) is 0 Å². The monoisotopic (exact) mass is 542 g/mol. The Balaban J connectivity index is 1.94. The van der Waals surface area contributed by atoms with Crippen LogP contribution in [0.2, 0.25) is 18.1 Å². The van der Waals surface area contributed by atoms with Crippen molar-refractivity contribution in [1.29, 1.82) is 0 Å². The van der Waals surface area contributed by atoms with Crippen molar-refractivity contribution >= 4 is 42.8 Å². The lowest BCUT2D eigenvalue weighted by Gasteiger charge is -2.37. The van der Waals surface area contributed by atoms with E-state index in [4.69, 9.17) is 13.9 Å². The molecular weight excluding hydrogens is 500 g/mol. The van der Waals surface area contributed by atoms with Crippen LogP contribution in [0.5, 0.6) is 0 Å². The number of anilines is 1. The van der Waals surface area contributed by atoms with Gasteiger partial charge in [-0.2, -0.15) is 0 Å². The van der Waals surface area contributed by atoms with Gasteiger partial charge in [0.25, 0.3) is 5.91 Å². The number of aromatic nitrogens is 1. The van der Waals surface area contributed by atoms with Gasteiger partial charge in [-0.25, -0.2) is 14.6 Å². The van der Waals surface area contributed by atoms with Gasteiger partial charge in [-0.3, -0.25) is 4.79 Å². The summed E-state index contributed by atoms with van der Waals surface area (Å²) in [5.41, 5.74) is -0.294. The molecule has 10 nitrogen and oxygen atoms in total. The van der Waals surface area contributed by atoms with E-state index in [-0.39, 0.29) is 23.4 Å². The molecule has 12 heteroatoms. The molecule has 0 aliphatic carbocycles. The van der Waals surface area contributed by atoms with Crippen LogP contribution in [-0.2, 0) is 18.7 Å². The first-order valence-corrected chi connectivity index (χ1v) is 16.0. The van der Waals surface area contributed by atoms with E-state index in [9.17, 15) is 14.4 Å². The zero-order valence-electron chi connectivity index (χ0n) is 23.0. The van der Waals surface area contributed by atoms with Gasteiger partial charge in [0.2, 0.25) is 0 Å². The molecule has 204 valence electrons. The molecule has 1 aliphatic rings. The molecule has 0 bridgehead atoms. The molecule has 0 radical (unpaired) electrons. The average Bonchev–Trinajstić information content (AvgIpc) is 3.24. The molecule has 2 rings (SSSR count). The third kappa shape index (κ3) is 8.73. The van der Waals surface area contributed by atoms with Crippen LogP contribution >= 0.6 is 11.3 Å². The Labute approximate surface area is 219 Å². The zero-order valence-corrected chi connectivity index (χ0v) is 24.8. The molecule has 1 aliphatic heterocycles. The lowest BCUT2D eigenvalue weighted by Crippen LogP contribution is -2.49. The van der Waals surface area contributed by atoms with Crippen molar-refractivity contribution in [1.82, 2.24) is 15.6 Å². The van der Waals surface area contributed by atoms with E-state index in [0.717, 1.165) is 18.0 Å². The van der Waals surface area contributed by atoms with Crippen molar-refractivity contribution in [3.63, 3.8) is 0 Å². The fraction of sp³-hybridized carbons (Fsp3) is 0.750. The first-order valence-electron chi connectivity index (χ1n) is 12.2. The number of amides is 2. The maximum Gasteiger partial charge on any atom is 0.407 e. The Kier molecular flexibility index (Phi) is 9.94. The third-order valence-corrected chi connectivity index (χ3v) is 11.8. The fourth-order valence-electron chi connectivity index (χ4n) is 3.25. The SMILES string of the molecule is COC(=O)C(CO[Si](C)(C)C(C)(C)C)NC(=O)c1csc(N2CCC(NC(=O)OC(C)(C)C)CC2)n1. The summed E-state index contributed by atoms with van der Waals surface area (Å²) in [6.07, 6.45) is 1.08. The second kappa shape index (κ2) is 11.9. The lowest BCUT2D eigenvalue weighted by molar-refractivity contribution is -0.143. The molecule has 0 aromatic carbocycles. The number of hydrogen-bond acceptors (Lipinski definition) is 9. The van der Waals surface area contributed by atoms with Crippen LogP contribution in [0.15, 0.2) is 5.38 Å². The van der Waals surface area contributed by atoms with Crippen molar-refractivity contribution in [3.05, 3.63) is 11.1 Å². The maximum atomic E-state index is 12.9. The third-order valence-electron chi connectivity index (χ3n) is 6.42. The Hall–Kier alpha value is -2.18. The fourth-order valence-corrected chi connectivity index (χ4v) is 5.13. The maximum absolute atomic E-state index is 12.9. The molecule has 2 N–H and O–H groups in total. The molecule has 1 fully saturated rings. The van der Waals surface area contributed by atoms with Gasteiger partial charge in [0.05, 0.1) is 13.7 Å². The molecule has 1 aromatic heterocycles. The summed E-state index contributed by atoms with van der Waals surface area (Å²) in [5, 5.41) is 8.01. The molecule has 1 atom stereocenters. The standard InChI is InChI=1S/C24H42N4O6SSi/c1-23(2,3)34-22(31)25-16-10-12-28(13-11-16)21-27-18(15-35-21)19(29)26-17(20(30)32-7)14-33-36(8,9)24(4,5)6/h15-17H,10-14H2,1-9H3,(H,25,31)(H,26,29). The van der Waals surface area contributed by atoms with Gasteiger partial charge < -0.3 is 29.4 Å². The van der Waals surface area contributed by atoms with E-state index in [1.54, 1.807) is 5.38 Å². The number of hydrogen-bond donors (Lipinski definition) is 2. The van der Waals surface area contributed by atoms with Crippen molar-refractivity contribution in [2.75, 3.05) is 31.7 Å². The lowest BCUT2D eigenvalue weighted by atomic mass is 10.1. The second-order valence-electron chi connectivity index (χ2n) is 11.5. The van der Waals surface area contributed by atoms with E-state index in [2.05, 4.69) is 54.4 Å². The van der Waals surface area contributed by atoms with Crippen LogP contribution in [0.25, 0.3) is 0 Å². The highest BCUT2D eigenvalue weighted by Crippen LogP contribution is 2.36. The summed E-state index contributed by atoms with van der Waals surface area (Å²) in [7, 11) is -0.829. The van der Waals surface area contributed by atoms with Crippen molar-refractivity contribution in [2.24, 2.45) is 0 Å². The number of piperidine rings is 1. The Morgan fingerprint density at radius 1 is 1.17 bits per heavy atom. The minimum absolute atomic E-state index is 0.0283. The van der Waals surface area contributed by atoms with Gasteiger partial charge in [-0.05, 0) is 51.7 Å². The predicted molar refractivity (Wildman–Crippen MR) is 143 cm³/mol. The number of methoxy groups -OCH3 is 1. The van der Waals surface area contributed by atoms with Crippen molar-refractivity contribution in [3.8, 4) is 0 Å². The number of carbonyl (C=O) groups is 3. The Morgan fingerprint density at radius 2 is 1.78 bits per heavy atom. The highest BCUT2D eigenvalue weighted by atomic mass is 32.1. The number of nitrogens with one attached hydrogen (secondary N) is 2. The van der Waals surface area contributed by atoms with Gasteiger partial charge >= 0.3 is 12.1 Å². The minimum Gasteiger partial charge on any atom is -0.467 e. The number of ether oxygens (including phenoxy) is 2. The van der Waals surface area contributed by atoms with Gasteiger partial charge in [0, 0.05) is 24.5 Å². The normalized spacial score (nSPS) is 16.3. The largest absolute Gasteiger partial charge is 0.467 e. The van der Waals surface area contributed by atoms with Gasteiger partial charge in [-0.15, -0.1) is 11.3 Å². The molecule has 2 heterocycles. The molecule has 1 aromatic rings. The van der Waals surface area contributed by atoms with E-state index >= 15 is 0 Å². The molecule has 0 saturated carbocycles. The van der Waals surface area contributed by atoms with Crippen LogP contribution in [0.4, 0.5) is 9.93 Å². The minimum atomic E-state index is -2.12. The van der Waals surface area contributed by atoms with Gasteiger partial charge in [0.15, 0.2) is 13.4 Å². The first-order chi connectivity index (χ1) is 16.5. The number of carbonyl (C=O) groups excluding carboxylic acids is 3. The number of alkyl carbamates (subject to hydrolysis) is 1. The molecule has 36 heavy (non-hydrogen) atoms. The van der Waals surface area contributed by atoms with E-state index in [1.807, 2.05) is 20.8 Å². The highest BCUT2D eigenvalue weighted by Gasteiger charge is 2.38. The molecule has 0 spiro atoms. The summed E-state index contributed by atoms with van der Waals surface area (Å²) in [5.74, 6) is -1.01. The van der Waals surface area contributed by atoms with Crippen molar-refractivity contribution in [2.45, 2.75) is 90.2 Å². The molecule has 2 amide bonds. The quantitative estimate of drug-likeness (QED) is 0.375. The van der Waals surface area contributed by atoms with Gasteiger partial charge in [-0.1, -0.05) is 20.8 Å². The summed E-state index contributed by atoms with van der Waals surface area (Å²) < 4.78 is 16.4. The van der Waals surface area contributed by atoms with E-state index in [0.29, 0.717) is 13.1 Å². The molecule has 1 unspecified atom stereocenters. The van der Waals surface area contributed by atoms with Crippen LogP contribution in [0.3, 0.4) is 0 Å². The van der Waals surface area contributed by atoms with E-state index in [1.165, 1.54) is 18.4 Å². The number of esters is 1. The first kappa shape index (κ1) is 30.0. The smallest absolute Gasteiger partial charge is 0.407 e. The predicted octanol–water partition coefficient (Wildman–Crippen LogP) is 3.93. The van der Waals surface area contributed by atoms with Crippen LogP contribution in [-0.4, -0.2) is 75.8 Å². The summed E-state index contributed by atoms with van der Waals surface area (Å²) in [6.45, 7) is 17.4. The van der Waals surface area contributed by atoms with Gasteiger partial charge in [0.1, 0.15) is 17.3 Å². The van der Waals surface area contributed by atoms with E-state index < -0.39 is 37.9 Å². The number of nitrogens with zero attached hydrogens (tertiary/aromatic N) is 2. The average molecular weight is 543 g/mol. The number of thiazole rings is 1. The molecule has 1 saturated heterocycles. The number of rotatable bonds is 8. The van der Waals surface area contributed by atoms with Crippen LogP contribution < -0.4 is 15.5 Å². The Morgan fingerprint density at radius 3 is 2.31 bits per heavy atom. The summed E-state index contributed by atoms with van der Waals surface area (Å²) in [4.78, 5) is 43.8. The van der Waals surface area contributed by atoms with Crippen LogP contribution in [0.1, 0.15) is 64.9 Å². The second-order valence-corrected chi connectivity index (χ2v) is 17.2.